The molecule has 1 N–H and O–H groups in total. The van der Waals surface area contributed by atoms with E-state index in [-0.39, 0.29) is 14.8 Å². The minimum Gasteiger partial charge on any atom is -0.302 e. The summed E-state index contributed by atoms with van der Waals surface area (Å²) in [6.07, 6.45) is 1.01. The number of halogens is 1. The van der Waals surface area contributed by atoms with Gasteiger partial charge in [-0.1, -0.05) is 11.6 Å². The lowest BCUT2D eigenvalue weighted by Crippen LogP contribution is -1.99. The van der Waals surface area contributed by atoms with Crippen LogP contribution in [0, 0.1) is 0 Å². The zero-order valence-electron chi connectivity index (χ0n) is 7.10. The maximum absolute atomic E-state index is 11.1. The fourth-order valence-electron chi connectivity index (χ4n) is 0.848. The Kier molecular flexibility index (Phi) is 3.31. The lowest BCUT2D eigenvalue weighted by molar-refractivity contribution is 0.564. The third-order valence-electron chi connectivity index (χ3n) is 1.52. The van der Waals surface area contributed by atoms with Crippen LogP contribution < -0.4 is 0 Å². The van der Waals surface area contributed by atoms with Crippen LogP contribution in [0.15, 0.2) is 28.0 Å². The highest BCUT2D eigenvalue weighted by Crippen LogP contribution is 2.22. The number of benzene rings is 1. The summed E-state index contributed by atoms with van der Waals surface area (Å²) >= 11 is 3.31. The molecule has 1 aromatic rings. The topological polar surface area (TPSA) is 71.4 Å². The van der Waals surface area contributed by atoms with Gasteiger partial charge in [-0.3, -0.25) is 0 Å². The molecule has 14 heavy (non-hydrogen) atoms. The smallest absolute Gasteiger partial charge is 0.188 e. The summed E-state index contributed by atoms with van der Waals surface area (Å²) in [4.78, 5) is -0.131. The van der Waals surface area contributed by atoms with Crippen molar-refractivity contribution in [2.45, 2.75) is 9.79 Å². The van der Waals surface area contributed by atoms with Gasteiger partial charge in [-0.25, -0.2) is 12.6 Å². The first-order chi connectivity index (χ1) is 6.32. The molecule has 1 rings (SSSR count). The average Bonchev–Trinajstić information content (AvgIpc) is 2.02. The van der Waals surface area contributed by atoms with Gasteiger partial charge in [-0.05, 0) is 18.2 Å². The monoisotopic (exact) mass is 254 g/mol. The predicted molar refractivity (Wildman–Crippen MR) is 53.6 cm³/mol. The molecule has 0 aliphatic heterocycles. The van der Waals surface area contributed by atoms with E-state index in [1.165, 1.54) is 12.1 Å². The maximum Gasteiger partial charge on any atom is 0.188 e. The van der Waals surface area contributed by atoms with E-state index in [9.17, 15) is 12.6 Å². The summed E-state index contributed by atoms with van der Waals surface area (Å²) in [7, 11) is -3.38. The van der Waals surface area contributed by atoms with E-state index in [4.69, 9.17) is 16.2 Å². The molecule has 0 saturated heterocycles. The van der Waals surface area contributed by atoms with Crippen molar-refractivity contribution in [3.8, 4) is 0 Å². The highest BCUT2D eigenvalue weighted by molar-refractivity contribution is 7.90. The van der Waals surface area contributed by atoms with Crippen molar-refractivity contribution in [2.24, 2.45) is 0 Å². The van der Waals surface area contributed by atoms with E-state index in [1.807, 2.05) is 0 Å². The Labute approximate surface area is 89.1 Å². The summed E-state index contributed by atoms with van der Waals surface area (Å²) in [6.45, 7) is 0. The normalized spacial score (nSPS) is 13.9. The summed E-state index contributed by atoms with van der Waals surface area (Å²) in [6, 6.07) is 3.66. The molecule has 7 heteroatoms. The van der Waals surface area contributed by atoms with E-state index >= 15 is 0 Å². The van der Waals surface area contributed by atoms with Crippen LogP contribution in [0.1, 0.15) is 0 Å². The largest absolute Gasteiger partial charge is 0.302 e. The van der Waals surface area contributed by atoms with Gasteiger partial charge in [-0.2, -0.15) is 0 Å². The zero-order chi connectivity index (χ0) is 10.9. The number of hydrogen-bond acceptors (Lipinski definition) is 3. The van der Waals surface area contributed by atoms with Crippen LogP contribution in [0.3, 0.4) is 0 Å². The Hall–Kier alpha value is -0.430. The molecule has 0 saturated carbocycles. The lowest BCUT2D eigenvalue weighted by atomic mass is 10.4. The summed E-state index contributed by atoms with van der Waals surface area (Å²) in [5.74, 6) is 0. The van der Waals surface area contributed by atoms with E-state index in [2.05, 4.69) is 0 Å². The van der Waals surface area contributed by atoms with Crippen molar-refractivity contribution in [2.75, 3.05) is 6.26 Å². The van der Waals surface area contributed by atoms with Gasteiger partial charge in [0.25, 0.3) is 0 Å². The SMILES string of the molecule is CS(=O)(=O)c1ccc(Cl)c(S(=O)O)c1. The minimum atomic E-state index is -3.38. The van der Waals surface area contributed by atoms with Gasteiger partial charge in [0.05, 0.1) is 14.8 Å². The van der Waals surface area contributed by atoms with Crippen molar-refractivity contribution in [1.29, 1.82) is 0 Å². The Morgan fingerprint density at radius 1 is 1.43 bits per heavy atom. The summed E-state index contributed by atoms with van der Waals surface area (Å²) < 4.78 is 41.7. The lowest BCUT2D eigenvalue weighted by Gasteiger charge is -2.02. The molecular weight excluding hydrogens is 248 g/mol. The number of rotatable bonds is 2. The first kappa shape index (κ1) is 11.6. The zero-order valence-corrected chi connectivity index (χ0v) is 9.49. The van der Waals surface area contributed by atoms with Gasteiger partial charge in [0.2, 0.25) is 0 Å². The molecule has 0 aromatic heterocycles. The average molecular weight is 255 g/mol. The van der Waals surface area contributed by atoms with Crippen LogP contribution >= 0.6 is 11.6 Å². The third-order valence-corrected chi connectivity index (χ3v) is 3.78. The molecule has 0 amide bonds. The first-order valence-electron chi connectivity index (χ1n) is 3.43. The molecule has 1 aromatic carbocycles. The Morgan fingerprint density at radius 2 is 2.00 bits per heavy atom. The van der Waals surface area contributed by atoms with E-state index in [1.54, 1.807) is 0 Å². The molecule has 0 radical (unpaired) electrons. The van der Waals surface area contributed by atoms with E-state index < -0.39 is 20.9 Å². The van der Waals surface area contributed by atoms with Crippen molar-refractivity contribution in [3.05, 3.63) is 23.2 Å². The molecule has 0 fully saturated rings. The number of sulfone groups is 1. The summed E-state index contributed by atoms with van der Waals surface area (Å²) in [5, 5.41) is 0.0678. The fraction of sp³-hybridized carbons (Fsp3) is 0.143. The Bertz CT molecular complexity index is 480. The van der Waals surface area contributed by atoms with Gasteiger partial charge < -0.3 is 4.55 Å². The quantitative estimate of drug-likeness (QED) is 0.808. The Balaban J connectivity index is 3.42. The van der Waals surface area contributed by atoms with Crippen molar-refractivity contribution in [3.63, 3.8) is 0 Å². The van der Waals surface area contributed by atoms with Gasteiger partial charge in [0.15, 0.2) is 20.9 Å². The molecular formula is C7H7ClO4S2. The third kappa shape index (κ3) is 2.54. The van der Waals surface area contributed by atoms with Crippen LogP contribution in [-0.2, 0) is 20.9 Å². The summed E-state index contributed by atoms with van der Waals surface area (Å²) in [5.41, 5.74) is 0. The second kappa shape index (κ2) is 3.98. The minimum absolute atomic E-state index is 0.0284. The van der Waals surface area contributed by atoms with Crippen molar-refractivity contribution >= 4 is 32.5 Å². The van der Waals surface area contributed by atoms with Gasteiger partial charge >= 0.3 is 0 Å². The molecule has 4 nitrogen and oxygen atoms in total. The van der Waals surface area contributed by atoms with Crippen LogP contribution in [0.4, 0.5) is 0 Å². The molecule has 0 heterocycles. The highest BCUT2D eigenvalue weighted by atomic mass is 35.5. The van der Waals surface area contributed by atoms with Gasteiger partial charge in [0.1, 0.15) is 0 Å². The molecule has 0 bridgehead atoms. The van der Waals surface area contributed by atoms with Crippen LogP contribution in [-0.4, -0.2) is 23.4 Å². The highest BCUT2D eigenvalue weighted by Gasteiger charge is 2.12. The van der Waals surface area contributed by atoms with Crippen molar-refractivity contribution in [1.82, 2.24) is 0 Å². The van der Waals surface area contributed by atoms with Crippen LogP contribution in [0.5, 0.6) is 0 Å². The molecule has 1 atom stereocenters. The van der Waals surface area contributed by atoms with Gasteiger partial charge in [0, 0.05) is 6.26 Å². The molecule has 0 aliphatic carbocycles. The first-order valence-corrected chi connectivity index (χ1v) is 6.80. The predicted octanol–water partition coefficient (Wildman–Crippen LogP) is 1.32. The molecule has 0 aliphatic rings. The van der Waals surface area contributed by atoms with Crippen LogP contribution in [0.2, 0.25) is 5.02 Å². The Morgan fingerprint density at radius 3 is 2.43 bits per heavy atom. The molecule has 1 unspecified atom stereocenters. The maximum atomic E-state index is 11.1. The molecule has 0 spiro atoms. The van der Waals surface area contributed by atoms with Crippen molar-refractivity contribution < 1.29 is 17.2 Å². The van der Waals surface area contributed by atoms with E-state index in [0.29, 0.717) is 0 Å². The van der Waals surface area contributed by atoms with E-state index in [0.717, 1.165) is 12.3 Å². The standard InChI is InChI=1S/C7H7ClO4S2/c1-14(11,12)5-2-3-6(8)7(4-5)13(9)10/h2-4H,1H3,(H,9,10). The van der Waals surface area contributed by atoms with Crippen LogP contribution in [0.25, 0.3) is 0 Å². The second-order valence-corrected chi connectivity index (χ2v) is 5.97. The second-order valence-electron chi connectivity index (χ2n) is 2.61. The number of hydrogen-bond donors (Lipinski definition) is 1. The molecule has 78 valence electrons. The fourth-order valence-corrected chi connectivity index (χ4v) is 2.35. The van der Waals surface area contributed by atoms with Gasteiger partial charge in [-0.15, -0.1) is 0 Å².